The second-order valence-electron chi connectivity index (χ2n) is 4.96. The summed E-state index contributed by atoms with van der Waals surface area (Å²) in [4.78, 5) is 26.0. The molecule has 6 heteroatoms. The molecule has 0 aromatic heterocycles. The molecular formula is C11H18N2O4. The highest BCUT2D eigenvalue weighted by molar-refractivity contribution is 5.76. The molecule has 2 atom stereocenters. The summed E-state index contributed by atoms with van der Waals surface area (Å²) in [5.74, 6) is -1.15. The van der Waals surface area contributed by atoms with Crippen molar-refractivity contribution in [2.45, 2.75) is 19.4 Å². The van der Waals surface area contributed by atoms with Crippen LogP contribution in [0.4, 0.5) is 4.79 Å². The first-order chi connectivity index (χ1) is 7.99. The van der Waals surface area contributed by atoms with Crippen LogP contribution in [0.1, 0.15) is 13.3 Å². The third-order valence-corrected chi connectivity index (χ3v) is 3.71. The van der Waals surface area contributed by atoms with Gasteiger partial charge in [-0.1, -0.05) is 6.92 Å². The standard InChI is InChI=1S/C11H18N2O4/c1-7(10(15)16)8-4-13(5-8)11(17)12-3-2-9(14)6-12/h7-9,14H,2-6H2,1H3,(H,15,16). The van der Waals surface area contributed by atoms with Gasteiger partial charge in [0.2, 0.25) is 0 Å². The van der Waals surface area contributed by atoms with Crippen LogP contribution in [0.2, 0.25) is 0 Å². The molecule has 2 aliphatic rings. The van der Waals surface area contributed by atoms with Crippen molar-refractivity contribution in [1.29, 1.82) is 0 Å². The highest BCUT2D eigenvalue weighted by atomic mass is 16.4. The molecule has 0 spiro atoms. The van der Waals surface area contributed by atoms with Gasteiger partial charge in [-0.15, -0.1) is 0 Å². The third-order valence-electron chi connectivity index (χ3n) is 3.71. The van der Waals surface area contributed by atoms with E-state index in [4.69, 9.17) is 5.11 Å². The first-order valence-electron chi connectivity index (χ1n) is 5.93. The largest absolute Gasteiger partial charge is 0.481 e. The normalized spacial score (nSPS) is 26.8. The summed E-state index contributed by atoms with van der Waals surface area (Å²) in [6, 6.07) is -0.0737. The quantitative estimate of drug-likeness (QED) is 0.704. The van der Waals surface area contributed by atoms with E-state index in [0.717, 1.165) is 0 Å². The lowest BCUT2D eigenvalue weighted by molar-refractivity contribution is -0.144. The van der Waals surface area contributed by atoms with Gasteiger partial charge in [-0.3, -0.25) is 4.79 Å². The highest BCUT2D eigenvalue weighted by Crippen LogP contribution is 2.26. The second kappa shape index (κ2) is 4.52. The number of amides is 2. The highest BCUT2D eigenvalue weighted by Gasteiger charge is 2.39. The molecule has 0 aromatic carbocycles. The molecule has 2 heterocycles. The van der Waals surface area contributed by atoms with Crippen LogP contribution in [-0.2, 0) is 4.79 Å². The zero-order chi connectivity index (χ0) is 12.6. The van der Waals surface area contributed by atoms with Crippen LogP contribution in [-0.4, -0.2) is 64.3 Å². The van der Waals surface area contributed by atoms with Crippen molar-refractivity contribution in [2.75, 3.05) is 26.2 Å². The molecule has 6 nitrogen and oxygen atoms in total. The molecule has 2 unspecified atom stereocenters. The Morgan fingerprint density at radius 2 is 1.88 bits per heavy atom. The van der Waals surface area contributed by atoms with Crippen molar-refractivity contribution < 1.29 is 19.8 Å². The van der Waals surface area contributed by atoms with Gasteiger partial charge >= 0.3 is 12.0 Å². The molecule has 0 radical (unpaired) electrons. The topological polar surface area (TPSA) is 81.1 Å². The van der Waals surface area contributed by atoms with Gasteiger partial charge in [0.05, 0.1) is 12.0 Å². The van der Waals surface area contributed by atoms with Gasteiger partial charge in [0.1, 0.15) is 0 Å². The maximum atomic E-state index is 11.9. The van der Waals surface area contributed by atoms with Crippen LogP contribution < -0.4 is 0 Å². The van der Waals surface area contributed by atoms with Gasteiger partial charge < -0.3 is 20.0 Å². The summed E-state index contributed by atoms with van der Waals surface area (Å²) >= 11 is 0. The van der Waals surface area contributed by atoms with Crippen molar-refractivity contribution in [3.05, 3.63) is 0 Å². The van der Waals surface area contributed by atoms with E-state index < -0.39 is 18.0 Å². The molecule has 2 aliphatic heterocycles. The zero-order valence-electron chi connectivity index (χ0n) is 9.87. The van der Waals surface area contributed by atoms with Gasteiger partial charge in [-0.25, -0.2) is 4.79 Å². The number of hydrogen-bond donors (Lipinski definition) is 2. The number of likely N-dealkylation sites (tertiary alicyclic amines) is 2. The summed E-state index contributed by atoms with van der Waals surface area (Å²) in [7, 11) is 0. The first kappa shape index (κ1) is 12.2. The predicted molar refractivity (Wildman–Crippen MR) is 59.5 cm³/mol. The Hall–Kier alpha value is -1.30. The Morgan fingerprint density at radius 3 is 2.35 bits per heavy atom. The average Bonchev–Trinajstić information content (AvgIpc) is 2.62. The molecule has 2 fully saturated rings. The predicted octanol–water partition coefficient (Wildman–Crippen LogP) is -0.175. The minimum Gasteiger partial charge on any atom is -0.481 e. The fraction of sp³-hybridized carbons (Fsp3) is 0.818. The number of aliphatic hydroxyl groups is 1. The van der Waals surface area contributed by atoms with Crippen LogP contribution in [0.25, 0.3) is 0 Å². The monoisotopic (exact) mass is 242 g/mol. The number of carbonyl (C=O) groups excluding carboxylic acids is 1. The van der Waals surface area contributed by atoms with E-state index in [1.807, 2.05) is 0 Å². The minimum atomic E-state index is -0.807. The fourth-order valence-corrected chi connectivity index (χ4v) is 2.30. The molecule has 0 aromatic rings. The number of carboxylic acid groups (broad SMARTS) is 1. The van der Waals surface area contributed by atoms with Gasteiger partial charge in [0.25, 0.3) is 0 Å². The van der Waals surface area contributed by atoms with E-state index in [1.165, 1.54) is 0 Å². The number of rotatable bonds is 2. The molecule has 0 bridgehead atoms. The van der Waals surface area contributed by atoms with Crippen molar-refractivity contribution >= 4 is 12.0 Å². The van der Waals surface area contributed by atoms with E-state index >= 15 is 0 Å². The summed E-state index contributed by atoms with van der Waals surface area (Å²) < 4.78 is 0. The molecule has 2 saturated heterocycles. The minimum absolute atomic E-state index is 0.0592. The summed E-state index contributed by atoms with van der Waals surface area (Å²) in [6.07, 6.45) is 0.225. The van der Waals surface area contributed by atoms with E-state index in [-0.39, 0.29) is 11.9 Å². The lowest BCUT2D eigenvalue weighted by Crippen LogP contribution is -2.57. The second-order valence-corrected chi connectivity index (χ2v) is 4.96. The number of urea groups is 1. The number of carboxylic acids is 1. The number of hydrogen-bond acceptors (Lipinski definition) is 3. The number of aliphatic carboxylic acids is 1. The van der Waals surface area contributed by atoms with Gasteiger partial charge in [0, 0.05) is 32.1 Å². The maximum Gasteiger partial charge on any atom is 0.320 e. The maximum absolute atomic E-state index is 11.9. The van der Waals surface area contributed by atoms with E-state index in [2.05, 4.69) is 0 Å². The lowest BCUT2D eigenvalue weighted by atomic mass is 9.87. The van der Waals surface area contributed by atoms with Crippen molar-refractivity contribution in [3.8, 4) is 0 Å². The summed E-state index contributed by atoms with van der Waals surface area (Å²) in [5, 5.41) is 18.2. The van der Waals surface area contributed by atoms with E-state index in [0.29, 0.717) is 32.6 Å². The Balaban J connectivity index is 1.79. The zero-order valence-corrected chi connectivity index (χ0v) is 9.87. The number of nitrogens with zero attached hydrogens (tertiary/aromatic N) is 2. The molecule has 2 amide bonds. The van der Waals surface area contributed by atoms with Crippen molar-refractivity contribution in [1.82, 2.24) is 9.80 Å². The molecule has 0 saturated carbocycles. The Morgan fingerprint density at radius 1 is 1.24 bits per heavy atom. The number of aliphatic hydroxyl groups excluding tert-OH is 1. The molecule has 17 heavy (non-hydrogen) atoms. The van der Waals surface area contributed by atoms with Crippen LogP contribution in [0, 0.1) is 11.8 Å². The van der Waals surface area contributed by atoms with Crippen LogP contribution >= 0.6 is 0 Å². The smallest absolute Gasteiger partial charge is 0.320 e. The van der Waals surface area contributed by atoms with E-state index in [1.54, 1.807) is 16.7 Å². The van der Waals surface area contributed by atoms with Gasteiger partial charge in [-0.05, 0) is 6.42 Å². The van der Waals surface area contributed by atoms with Crippen molar-refractivity contribution in [3.63, 3.8) is 0 Å². The first-order valence-corrected chi connectivity index (χ1v) is 5.93. The van der Waals surface area contributed by atoms with Gasteiger partial charge in [-0.2, -0.15) is 0 Å². The lowest BCUT2D eigenvalue weighted by Gasteiger charge is -2.42. The molecule has 2 N–H and O–H groups in total. The molecule has 0 aliphatic carbocycles. The Labute approximate surface area is 99.8 Å². The number of β-amino-alcohol motifs (C(OH)–C–C–N with tert-alkyl or cyclic N) is 1. The van der Waals surface area contributed by atoms with Crippen LogP contribution in [0.3, 0.4) is 0 Å². The van der Waals surface area contributed by atoms with E-state index in [9.17, 15) is 14.7 Å². The van der Waals surface area contributed by atoms with Crippen LogP contribution in [0.5, 0.6) is 0 Å². The summed E-state index contributed by atoms with van der Waals surface area (Å²) in [6.45, 7) is 3.69. The molecule has 2 rings (SSSR count). The van der Waals surface area contributed by atoms with Crippen molar-refractivity contribution in [2.24, 2.45) is 11.8 Å². The SMILES string of the molecule is CC(C(=O)O)C1CN(C(=O)N2CCC(O)C2)C1. The fourth-order valence-electron chi connectivity index (χ4n) is 2.30. The number of carbonyl (C=O) groups is 2. The van der Waals surface area contributed by atoms with Crippen LogP contribution in [0.15, 0.2) is 0 Å². The molecular weight excluding hydrogens is 224 g/mol. The Bertz CT molecular complexity index is 327. The molecule has 96 valence electrons. The third kappa shape index (κ3) is 2.36. The summed E-state index contributed by atoms with van der Waals surface area (Å²) in [5.41, 5.74) is 0. The van der Waals surface area contributed by atoms with Gasteiger partial charge in [0.15, 0.2) is 0 Å². The Kier molecular flexibility index (Phi) is 3.24. The average molecular weight is 242 g/mol.